The van der Waals surface area contributed by atoms with Crippen molar-refractivity contribution in [3.05, 3.63) is 22.7 Å². The van der Waals surface area contributed by atoms with Crippen LogP contribution in [0, 0.1) is 5.92 Å². The third kappa shape index (κ3) is 4.72. The van der Waals surface area contributed by atoms with Crippen LogP contribution in [-0.2, 0) is 9.53 Å². The fourth-order valence-electron chi connectivity index (χ4n) is 2.59. The molecule has 1 aromatic heterocycles. The van der Waals surface area contributed by atoms with Crippen LogP contribution in [0.15, 0.2) is 17.1 Å². The largest absolute Gasteiger partial charge is 0.463 e. The molecule has 0 bridgehead atoms. The Morgan fingerprint density at radius 3 is 2.72 bits per heavy atom. The molecule has 5 atom stereocenters. The van der Waals surface area contributed by atoms with E-state index in [-0.39, 0.29) is 18.3 Å². The second kappa shape index (κ2) is 8.17. The first kappa shape index (κ1) is 19.7. The van der Waals surface area contributed by atoms with Crippen LogP contribution in [0.25, 0.3) is 0 Å². The molecule has 9 nitrogen and oxygen atoms in total. The summed E-state index contributed by atoms with van der Waals surface area (Å²) in [5.41, 5.74) is 10.6. The lowest BCUT2D eigenvalue weighted by molar-refractivity contribution is -0.146. The molecule has 0 saturated carbocycles. The van der Waals surface area contributed by atoms with Crippen molar-refractivity contribution in [2.24, 2.45) is 11.7 Å². The lowest BCUT2D eigenvalue weighted by atomic mass is 10.1. The van der Waals surface area contributed by atoms with Crippen molar-refractivity contribution in [3.8, 4) is 0 Å². The molecule has 1 aliphatic rings. The number of aliphatic hydroxyl groups is 2. The van der Waals surface area contributed by atoms with E-state index in [1.54, 1.807) is 0 Å². The summed E-state index contributed by atoms with van der Waals surface area (Å²) in [6.45, 7) is 3.79. The van der Waals surface area contributed by atoms with Crippen LogP contribution in [0.3, 0.4) is 0 Å². The number of hydrogen-bond donors (Lipinski definition) is 4. The SMILES string of the molecule is CC(C)C[C@H](N)C(=O)OC[C@H]1S[C@@H](n2ccc(N)nc2=O)C(O)C1O. The summed E-state index contributed by atoms with van der Waals surface area (Å²) < 4.78 is 6.36. The summed E-state index contributed by atoms with van der Waals surface area (Å²) in [7, 11) is 0. The first-order chi connectivity index (χ1) is 11.7. The summed E-state index contributed by atoms with van der Waals surface area (Å²) in [6, 6.07) is 0.701. The number of nitrogens with zero attached hydrogens (tertiary/aromatic N) is 2. The van der Waals surface area contributed by atoms with E-state index in [0.29, 0.717) is 6.42 Å². The summed E-state index contributed by atoms with van der Waals surface area (Å²) in [4.78, 5) is 27.4. The van der Waals surface area contributed by atoms with Crippen LogP contribution in [0.4, 0.5) is 5.82 Å². The van der Waals surface area contributed by atoms with Crippen molar-refractivity contribution in [2.75, 3.05) is 12.3 Å². The van der Waals surface area contributed by atoms with Crippen LogP contribution < -0.4 is 17.2 Å². The van der Waals surface area contributed by atoms with Crippen LogP contribution in [0.5, 0.6) is 0 Å². The molecule has 0 amide bonds. The van der Waals surface area contributed by atoms with E-state index in [1.807, 2.05) is 13.8 Å². The lowest BCUT2D eigenvalue weighted by Crippen LogP contribution is -2.38. The average Bonchev–Trinajstić information content (AvgIpc) is 2.80. The minimum Gasteiger partial charge on any atom is -0.463 e. The molecule has 0 aliphatic carbocycles. The topological polar surface area (TPSA) is 154 Å². The minimum atomic E-state index is -1.21. The van der Waals surface area contributed by atoms with Crippen molar-refractivity contribution in [2.45, 2.75) is 49.1 Å². The predicted molar refractivity (Wildman–Crippen MR) is 93.7 cm³/mol. The summed E-state index contributed by atoms with van der Waals surface area (Å²) in [5, 5.41) is 19.1. The predicted octanol–water partition coefficient (Wildman–Crippen LogP) is -0.922. The normalized spacial score (nSPS) is 27.4. The van der Waals surface area contributed by atoms with Gasteiger partial charge in [-0.1, -0.05) is 13.8 Å². The zero-order chi connectivity index (χ0) is 18.7. The highest BCUT2D eigenvalue weighted by Gasteiger charge is 2.44. The van der Waals surface area contributed by atoms with Crippen LogP contribution in [-0.4, -0.2) is 55.8 Å². The van der Waals surface area contributed by atoms with E-state index < -0.39 is 40.5 Å². The molecule has 0 radical (unpaired) electrons. The third-order valence-corrected chi connectivity index (χ3v) is 5.43. The maximum Gasteiger partial charge on any atom is 0.350 e. The number of hydrogen-bond acceptors (Lipinski definition) is 9. The number of nitrogens with two attached hydrogens (primary N) is 2. The highest BCUT2D eigenvalue weighted by molar-refractivity contribution is 8.00. The van der Waals surface area contributed by atoms with Crippen molar-refractivity contribution < 1.29 is 19.7 Å². The number of anilines is 1. The second-order valence-electron chi connectivity index (χ2n) is 6.45. The van der Waals surface area contributed by atoms with Gasteiger partial charge in [-0.2, -0.15) is 4.98 Å². The Labute approximate surface area is 149 Å². The molecule has 140 valence electrons. The van der Waals surface area contributed by atoms with Gasteiger partial charge in [0.15, 0.2) is 0 Å². The van der Waals surface area contributed by atoms with Gasteiger partial charge in [0.25, 0.3) is 0 Å². The fourth-order valence-corrected chi connectivity index (χ4v) is 4.03. The first-order valence-electron chi connectivity index (χ1n) is 7.99. The zero-order valence-electron chi connectivity index (χ0n) is 14.1. The molecule has 10 heteroatoms. The molecule has 0 spiro atoms. The number of rotatable bonds is 6. The molecule has 25 heavy (non-hydrogen) atoms. The Hall–Kier alpha value is -1.62. The van der Waals surface area contributed by atoms with Crippen LogP contribution in [0.2, 0.25) is 0 Å². The van der Waals surface area contributed by atoms with Gasteiger partial charge in [-0.05, 0) is 18.4 Å². The van der Waals surface area contributed by atoms with Gasteiger partial charge in [0.05, 0.1) is 11.4 Å². The number of carbonyl (C=O) groups is 1. The lowest BCUT2D eigenvalue weighted by Gasteiger charge is -2.17. The molecular formula is C15H24N4O5S. The number of thioether (sulfide) groups is 1. The Morgan fingerprint density at radius 2 is 2.12 bits per heavy atom. The number of ether oxygens (including phenoxy) is 1. The van der Waals surface area contributed by atoms with Crippen molar-refractivity contribution in [3.63, 3.8) is 0 Å². The molecular weight excluding hydrogens is 348 g/mol. The number of aromatic nitrogens is 2. The maximum atomic E-state index is 11.9. The smallest absolute Gasteiger partial charge is 0.350 e. The van der Waals surface area contributed by atoms with Crippen molar-refractivity contribution in [1.29, 1.82) is 0 Å². The molecule has 0 aromatic carbocycles. The number of nitrogen functional groups attached to an aromatic ring is 1. The molecule has 6 N–H and O–H groups in total. The van der Waals surface area contributed by atoms with Crippen molar-refractivity contribution >= 4 is 23.5 Å². The molecule has 2 unspecified atom stereocenters. The molecule has 2 heterocycles. The zero-order valence-corrected chi connectivity index (χ0v) is 14.9. The highest BCUT2D eigenvalue weighted by Crippen LogP contribution is 2.41. The standard InChI is InChI=1S/C15H24N4O5S/c1-7(2)5-8(16)14(22)24-6-9-11(20)12(21)13(25-9)19-4-3-10(17)18-15(19)23/h3-4,7-9,11-13,20-21H,5-6,16H2,1-2H3,(H2,17,18,23)/t8-,9+,11?,12?,13+/m0/s1. The number of esters is 1. The van der Waals surface area contributed by atoms with E-state index in [4.69, 9.17) is 16.2 Å². The minimum absolute atomic E-state index is 0.0731. The Bertz CT molecular complexity index is 668. The van der Waals surface area contributed by atoms with E-state index in [0.717, 1.165) is 11.8 Å². The Balaban J connectivity index is 2.00. The molecule has 1 saturated heterocycles. The highest BCUT2D eigenvalue weighted by atomic mass is 32.2. The van der Waals surface area contributed by atoms with E-state index >= 15 is 0 Å². The molecule has 1 fully saturated rings. The summed E-state index contributed by atoms with van der Waals surface area (Å²) in [5.74, 6) is -0.222. The van der Waals surface area contributed by atoms with Crippen LogP contribution in [0.1, 0.15) is 25.6 Å². The van der Waals surface area contributed by atoms with Crippen molar-refractivity contribution in [1.82, 2.24) is 9.55 Å². The maximum absolute atomic E-state index is 11.9. The average molecular weight is 372 g/mol. The number of aliphatic hydroxyl groups excluding tert-OH is 2. The van der Waals surface area contributed by atoms with Gasteiger partial charge < -0.3 is 26.4 Å². The summed E-state index contributed by atoms with van der Waals surface area (Å²) in [6.07, 6.45) is -0.461. The summed E-state index contributed by atoms with van der Waals surface area (Å²) >= 11 is 1.13. The molecule has 1 aliphatic heterocycles. The van der Waals surface area contributed by atoms with Gasteiger partial charge >= 0.3 is 11.7 Å². The van der Waals surface area contributed by atoms with Gasteiger partial charge in [-0.25, -0.2) is 4.79 Å². The van der Waals surface area contributed by atoms with E-state index in [1.165, 1.54) is 16.8 Å². The van der Waals surface area contributed by atoms with Gasteiger partial charge in [0.2, 0.25) is 0 Å². The monoisotopic (exact) mass is 372 g/mol. The molecule has 2 rings (SSSR count). The second-order valence-corrected chi connectivity index (χ2v) is 7.82. The number of carbonyl (C=O) groups excluding carboxylic acids is 1. The van der Waals surface area contributed by atoms with Crippen LogP contribution >= 0.6 is 11.8 Å². The van der Waals surface area contributed by atoms with Gasteiger partial charge in [0, 0.05) is 6.20 Å². The quantitative estimate of drug-likeness (QED) is 0.464. The van der Waals surface area contributed by atoms with E-state index in [9.17, 15) is 19.8 Å². The third-order valence-electron chi connectivity index (χ3n) is 3.88. The van der Waals surface area contributed by atoms with Gasteiger partial charge in [-0.15, -0.1) is 11.8 Å². The van der Waals surface area contributed by atoms with E-state index in [2.05, 4.69) is 4.98 Å². The molecule has 1 aromatic rings. The fraction of sp³-hybridized carbons (Fsp3) is 0.667. The first-order valence-corrected chi connectivity index (χ1v) is 8.93. The Morgan fingerprint density at radius 1 is 1.44 bits per heavy atom. The Kier molecular flexibility index (Phi) is 6.44. The van der Waals surface area contributed by atoms with Gasteiger partial charge in [0.1, 0.15) is 29.9 Å². The van der Waals surface area contributed by atoms with Gasteiger partial charge in [-0.3, -0.25) is 9.36 Å².